The van der Waals surface area contributed by atoms with Crippen LogP contribution in [0.1, 0.15) is 18.1 Å². The van der Waals surface area contributed by atoms with Crippen molar-refractivity contribution in [1.29, 1.82) is 0 Å². The summed E-state index contributed by atoms with van der Waals surface area (Å²) in [5.74, 6) is 1.39. The number of H-pyrrole nitrogens is 1. The second-order valence-corrected chi connectivity index (χ2v) is 6.32. The molecule has 0 unspecified atom stereocenters. The molecule has 8 heteroatoms. The quantitative estimate of drug-likeness (QED) is 0.561. The van der Waals surface area contributed by atoms with Crippen LogP contribution in [0.25, 0.3) is 0 Å². The van der Waals surface area contributed by atoms with Gasteiger partial charge >= 0.3 is 0 Å². The van der Waals surface area contributed by atoms with Crippen LogP contribution in [0.15, 0.2) is 48.8 Å². The van der Waals surface area contributed by atoms with E-state index in [4.69, 9.17) is 33.3 Å². The Balaban J connectivity index is 1.69. The molecule has 26 heavy (non-hydrogen) atoms. The summed E-state index contributed by atoms with van der Waals surface area (Å²) in [4.78, 5) is 0. The Hall–Kier alpha value is -2.51. The van der Waals surface area contributed by atoms with Crippen LogP contribution in [0.4, 0.5) is 0 Å². The third kappa shape index (κ3) is 4.77. The lowest BCUT2D eigenvalue weighted by Crippen LogP contribution is -2.13. The first-order valence-electron chi connectivity index (χ1n) is 8.14. The predicted octanol–water partition coefficient (Wildman–Crippen LogP) is 4.32. The molecule has 1 heterocycles. The molecule has 136 valence electrons. The molecule has 3 rings (SSSR count). The molecule has 2 N–H and O–H groups in total. The molecule has 0 aliphatic rings. The molecule has 0 aliphatic heterocycles. The van der Waals surface area contributed by atoms with E-state index in [0.29, 0.717) is 41.1 Å². The van der Waals surface area contributed by atoms with Crippen LogP contribution in [0.3, 0.4) is 0 Å². The van der Waals surface area contributed by atoms with E-state index in [1.165, 1.54) is 0 Å². The van der Waals surface area contributed by atoms with Gasteiger partial charge in [-0.25, -0.2) is 4.68 Å². The third-order valence-corrected chi connectivity index (χ3v) is 4.12. The van der Waals surface area contributed by atoms with Crippen LogP contribution >= 0.6 is 23.8 Å². The van der Waals surface area contributed by atoms with Crippen molar-refractivity contribution in [3.8, 4) is 11.5 Å². The zero-order chi connectivity index (χ0) is 18.4. The zero-order valence-corrected chi connectivity index (χ0v) is 15.8. The van der Waals surface area contributed by atoms with Crippen molar-refractivity contribution in [3.05, 3.63) is 69.7 Å². The molecular formula is C18H19ClN4O2S. The second kappa shape index (κ2) is 8.73. The zero-order valence-electron chi connectivity index (χ0n) is 14.2. The smallest absolute Gasteiger partial charge is 0.214 e. The van der Waals surface area contributed by atoms with Crippen LogP contribution in [0, 0.1) is 4.77 Å². The first kappa shape index (κ1) is 18.3. The van der Waals surface area contributed by atoms with E-state index in [1.54, 1.807) is 11.0 Å². The van der Waals surface area contributed by atoms with Gasteiger partial charge in [0.05, 0.1) is 13.2 Å². The summed E-state index contributed by atoms with van der Waals surface area (Å²) >= 11 is 11.1. The second-order valence-electron chi connectivity index (χ2n) is 5.50. The maximum Gasteiger partial charge on any atom is 0.214 e. The minimum Gasteiger partial charge on any atom is -0.490 e. The van der Waals surface area contributed by atoms with Crippen LogP contribution in [-0.2, 0) is 13.2 Å². The van der Waals surface area contributed by atoms with Crippen LogP contribution in [0.2, 0.25) is 5.02 Å². The summed E-state index contributed by atoms with van der Waals surface area (Å²) in [7, 11) is 0. The number of halogens is 1. The molecule has 0 aliphatic carbocycles. The topological polar surface area (TPSA) is 64.1 Å². The Morgan fingerprint density at radius 1 is 1.15 bits per heavy atom. The van der Waals surface area contributed by atoms with Gasteiger partial charge < -0.3 is 14.9 Å². The highest BCUT2D eigenvalue weighted by molar-refractivity contribution is 7.71. The SMILES string of the molecule is CCOc1cc(CNn2cn[nH]c2=S)ccc1OCc1cccc(Cl)c1. The number of ether oxygens (including phenoxy) is 2. The Morgan fingerprint density at radius 2 is 2.04 bits per heavy atom. The lowest BCUT2D eigenvalue weighted by atomic mass is 10.2. The lowest BCUT2D eigenvalue weighted by molar-refractivity contribution is 0.269. The number of rotatable bonds is 8. The fraction of sp³-hybridized carbons (Fsp3) is 0.222. The number of aromatic nitrogens is 3. The predicted molar refractivity (Wildman–Crippen MR) is 104 cm³/mol. The van der Waals surface area contributed by atoms with Gasteiger partial charge in [-0.05, 0) is 54.5 Å². The molecule has 1 aromatic heterocycles. The van der Waals surface area contributed by atoms with Crippen LogP contribution < -0.4 is 14.9 Å². The lowest BCUT2D eigenvalue weighted by Gasteiger charge is -2.14. The Kier molecular flexibility index (Phi) is 6.14. The fourth-order valence-corrected chi connectivity index (χ4v) is 2.75. The van der Waals surface area contributed by atoms with Gasteiger partial charge in [-0.3, -0.25) is 5.10 Å². The van der Waals surface area contributed by atoms with Gasteiger partial charge in [0.15, 0.2) is 11.5 Å². The van der Waals surface area contributed by atoms with Crippen molar-refractivity contribution in [2.24, 2.45) is 0 Å². The molecule has 0 bridgehead atoms. The van der Waals surface area contributed by atoms with Gasteiger partial charge in [-0.1, -0.05) is 29.8 Å². The van der Waals surface area contributed by atoms with Gasteiger partial charge in [0.1, 0.15) is 12.9 Å². The van der Waals surface area contributed by atoms with Gasteiger partial charge in [-0.15, -0.1) is 0 Å². The molecule has 3 aromatic rings. The number of hydrogen-bond donors (Lipinski definition) is 2. The average molecular weight is 391 g/mol. The molecule has 0 amide bonds. The van der Waals surface area contributed by atoms with Crippen molar-refractivity contribution < 1.29 is 9.47 Å². The number of hydrogen-bond acceptors (Lipinski definition) is 5. The highest BCUT2D eigenvalue weighted by Crippen LogP contribution is 2.29. The van der Waals surface area contributed by atoms with Gasteiger partial charge in [0, 0.05) is 5.02 Å². The Morgan fingerprint density at radius 3 is 2.77 bits per heavy atom. The van der Waals surface area contributed by atoms with Crippen LogP contribution in [-0.4, -0.2) is 21.5 Å². The van der Waals surface area contributed by atoms with E-state index in [2.05, 4.69) is 15.6 Å². The molecule has 6 nitrogen and oxygen atoms in total. The first-order valence-corrected chi connectivity index (χ1v) is 8.93. The highest BCUT2D eigenvalue weighted by Gasteiger charge is 2.08. The summed E-state index contributed by atoms with van der Waals surface area (Å²) < 4.78 is 13.8. The first-order chi connectivity index (χ1) is 12.7. The van der Waals surface area contributed by atoms with E-state index in [0.717, 1.165) is 11.1 Å². The van der Waals surface area contributed by atoms with Gasteiger partial charge in [0.25, 0.3) is 0 Å². The average Bonchev–Trinajstić information content (AvgIpc) is 3.04. The minimum absolute atomic E-state index is 0.419. The molecular weight excluding hydrogens is 372 g/mol. The number of benzene rings is 2. The number of aromatic amines is 1. The van der Waals surface area contributed by atoms with E-state index in [-0.39, 0.29) is 0 Å². The molecule has 0 radical (unpaired) electrons. The molecule has 0 saturated carbocycles. The maximum atomic E-state index is 6.01. The normalized spacial score (nSPS) is 10.5. The molecule has 0 spiro atoms. The highest BCUT2D eigenvalue weighted by atomic mass is 35.5. The van der Waals surface area contributed by atoms with Gasteiger partial charge in [-0.2, -0.15) is 5.10 Å². The number of nitrogens with zero attached hydrogens (tertiary/aromatic N) is 2. The van der Waals surface area contributed by atoms with Crippen molar-refractivity contribution in [2.45, 2.75) is 20.1 Å². The Labute approximate surface area is 161 Å². The summed E-state index contributed by atoms with van der Waals surface area (Å²) in [6.45, 7) is 3.48. The van der Waals surface area contributed by atoms with Crippen molar-refractivity contribution in [3.63, 3.8) is 0 Å². The molecule has 0 fully saturated rings. The summed E-state index contributed by atoms with van der Waals surface area (Å²) in [6.07, 6.45) is 1.59. The van der Waals surface area contributed by atoms with Crippen molar-refractivity contribution in [1.82, 2.24) is 14.9 Å². The van der Waals surface area contributed by atoms with Crippen molar-refractivity contribution >= 4 is 23.8 Å². The monoisotopic (exact) mass is 390 g/mol. The molecule has 0 atom stereocenters. The van der Waals surface area contributed by atoms with E-state index < -0.39 is 0 Å². The fourth-order valence-electron chi connectivity index (χ4n) is 2.38. The van der Waals surface area contributed by atoms with Crippen molar-refractivity contribution in [2.75, 3.05) is 12.0 Å². The van der Waals surface area contributed by atoms with E-state index in [1.807, 2.05) is 49.4 Å². The van der Waals surface area contributed by atoms with E-state index >= 15 is 0 Å². The molecule has 2 aromatic carbocycles. The third-order valence-electron chi connectivity index (χ3n) is 3.60. The minimum atomic E-state index is 0.419. The van der Waals surface area contributed by atoms with Crippen LogP contribution in [0.5, 0.6) is 11.5 Å². The molecule has 0 saturated heterocycles. The summed E-state index contributed by atoms with van der Waals surface area (Å²) in [6, 6.07) is 13.4. The number of nitrogens with one attached hydrogen (secondary N) is 2. The standard InChI is InChI=1S/C18H19ClN4O2S/c1-2-24-17-9-13(10-21-23-12-20-22-18(23)26)6-7-16(17)25-11-14-4-3-5-15(19)8-14/h3-9,12,21H,2,10-11H2,1H3,(H,22,26). The maximum absolute atomic E-state index is 6.01. The van der Waals surface area contributed by atoms with E-state index in [9.17, 15) is 0 Å². The summed E-state index contributed by atoms with van der Waals surface area (Å²) in [5.41, 5.74) is 5.20. The largest absolute Gasteiger partial charge is 0.490 e. The Bertz CT molecular complexity index is 925. The summed E-state index contributed by atoms with van der Waals surface area (Å²) in [5, 5.41) is 7.25. The van der Waals surface area contributed by atoms with Gasteiger partial charge in [0.2, 0.25) is 4.77 Å².